The first-order chi connectivity index (χ1) is 7.91. The summed E-state index contributed by atoms with van der Waals surface area (Å²) in [4.78, 5) is 34.0. The van der Waals surface area contributed by atoms with E-state index in [0.29, 0.717) is 4.47 Å². The van der Waals surface area contributed by atoms with Crippen LogP contribution in [-0.4, -0.2) is 46.0 Å². The molecule has 0 saturated heterocycles. The highest BCUT2D eigenvalue weighted by molar-refractivity contribution is 9.10. The summed E-state index contributed by atoms with van der Waals surface area (Å²) in [5.41, 5.74) is 0. The van der Waals surface area contributed by atoms with Crippen molar-refractivity contribution in [3.63, 3.8) is 0 Å². The van der Waals surface area contributed by atoms with Crippen molar-refractivity contribution < 1.29 is 24.6 Å². The molecule has 92 valence electrons. The first kappa shape index (κ1) is 13.7. The predicted molar refractivity (Wildman–Crippen MR) is 63.2 cm³/mol. The Morgan fingerprint density at radius 1 is 1.24 bits per heavy atom. The van der Waals surface area contributed by atoms with E-state index < -0.39 is 30.9 Å². The van der Waals surface area contributed by atoms with Crippen molar-refractivity contribution >= 4 is 45.1 Å². The van der Waals surface area contributed by atoms with Crippen LogP contribution in [0.15, 0.2) is 15.9 Å². The number of nitrogens with zero attached hydrogens (tertiary/aromatic N) is 1. The Balaban J connectivity index is 2.90. The van der Waals surface area contributed by atoms with Crippen LogP contribution >= 0.6 is 27.3 Å². The number of amides is 1. The Morgan fingerprint density at radius 3 is 2.12 bits per heavy atom. The molecule has 6 nitrogen and oxygen atoms in total. The Morgan fingerprint density at radius 2 is 1.76 bits per heavy atom. The molecule has 0 spiro atoms. The summed E-state index contributed by atoms with van der Waals surface area (Å²) in [5.74, 6) is -3.13. The number of carbonyl (C=O) groups is 3. The Hall–Kier alpha value is -1.41. The molecule has 17 heavy (non-hydrogen) atoms. The lowest BCUT2D eigenvalue weighted by Crippen LogP contribution is -2.39. The number of thiophene rings is 1. The smallest absolute Gasteiger partial charge is 0.323 e. The lowest BCUT2D eigenvalue weighted by molar-refractivity contribution is -0.140. The van der Waals surface area contributed by atoms with Crippen LogP contribution in [0.5, 0.6) is 0 Å². The average Bonchev–Trinajstić information content (AvgIpc) is 2.61. The van der Waals surface area contributed by atoms with Gasteiger partial charge in [0.2, 0.25) is 0 Å². The van der Waals surface area contributed by atoms with Gasteiger partial charge in [0, 0.05) is 4.47 Å². The van der Waals surface area contributed by atoms with Crippen molar-refractivity contribution in [2.45, 2.75) is 0 Å². The van der Waals surface area contributed by atoms with Gasteiger partial charge in [-0.05, 0) is 27.4 Å². The van der Waals surface area contributed by atoms with Crippen molar-refractivity contribution in [1.29, 1.82) is 0 Å². The normalized spacial score (nSPS) is 9.94. The molecule has 0 bridgehead atoms. The molecule has 0 radical (unpaired) electrons. The number of carbonyl (C=O) groups excluding carboxylic acids is 1. The molecule has 8 heteroatoms. The topological polar surface area (TPSA) is 94.9 Å². The van der Waals surface area contributed by atoms with Crippen LogP contribution in [0.4, 0.5) is 0 Å². The van der Waals surface area contributed by atoms with E-state index in [1.54, 1.807) is 11.4 Å². The fraction of sp³-hybridized carbons (Fsp3) is 0.222. The molecule has 1 aromatic heterocycles. The van der Waals surface area contributed by atoms with Gasteiger partial charge in [-0.1, -0.05) is 0 Å². The van der Waals surface area contributed by atoms with E-state index in [1.165, 1.54) is 0 Å². The SMILES string of the molecule is O=C(O)CN(CC(=O)O)C(=O)c1sccc1Br. The summed E-state index contributed by atoms with van der Waals surface area (Å²) in [6.45, 7) is -1.29. The van der Waals surface area contributed by atoms with E-state index in [-0.39, 0.29) is 4.88 Å². The lowest BCUT2D eigenvalue weighted by Gasteiger charge is -2.17. The van der Waals surface area contributed by atoms with Crippen LogP contribution < -0.4 is 0 Å². The second-order valence-corrected chi connectivity index (χ2v) is 4.82. The van der Waals surface area contributed by atoms with E-state index in [2.05, 4.69) is 15.9 Å². The zero-order chi connectivity index (χ0) is 13.0. The van der Waals surface area contributed by atoms with Gasteiger partial charge in [0.1, 0.15) is 18.0 Å². The average molecular weight is 322 g/mol. The maximum absolute atomic E-state index is 11.9. The summed E-state index contributed by atoms with van der Waals surface area (Å²) >= 11 is 4.25. The van der Waals surface area contributed by atoms with Crippen LogP contribution in [0, 0.1) is 0 Å². The molecule has 0 saturated carbocycles. The first-order valence-corrected chi connectivity index (χ1v) is 6.05. The quantitative estimate of drug-likeness (QED) is 0.847. The van der Waals surface area contributed by atoms with Crippen molar-refractivity contribution in [3.8, 4) is 0 Å². The number of carboxylic acid groups (broad SMARTS) is 2. The molecule has 0 aliphatic rings. The Labute approximate surface area is 109 Å². The number of rotatable bonds is 5. The molecule has 1 heterocycles. The highest BCUT2D eigenvalue weighted by atomic mass is 79.9. The van der Waals surface area contributed by atoms with Crippen LogP contribution in [0.3, 0.4) is 0 Å². The van der Waals surface area contributed by atoms with Crippen molar-refractivity contribution in [3.05, 3.63) is 20.8 Å². The molecule has 2 N–H and O–H groups in total. The summed E-state index contributed by atoms with van der Waals surface area (Å²) in [6, 6.07) is 1.64. The van der Waals surface area contributed by atoms with Gasteiger partial charge in [-0.25, -0.2) is 0 Å². The monoisotopic (exact) mass is 321 g/mol. The van der Waals surface area contributed by atoms with E-state index >= 15 is 0 Å². The summed E-state index contributed by atoms with van der Waals surface area (Å²) in [7, 11) is 0. The highest BCUT2D eigenvalue weighted by Gasteiger charge is 2.23. The molecular formula is C9H8BrNO5S. The molecule has 1 aromatic rings. The largest absolute Gasteiger partial charge is 0.480 e. The third-order valence-corrected chi connectivity index (χ3v) is 3.58. The lowest BCUT2D eigenvalue weighted by atomic mass is 10.3. The number of halogens is 1. The number of aliphatic carboxylic acids is 2. The highest BCUT2D eigenvalue weighted by Crippen LogP contribution is 2.24. The van der Waals surface area contributed by atoms with Gasteiger partial charge >= 0.3 is 11.9 Å². The minimum Gasteiger partial charge on any atom is -0.480 e. The van der Waals surface area contributed by atoms with Crippen LogP contribution in [0.1, 0.15) is 9.67 Å². The minimum atomic E-state index is -1.26. The van der Waals surface area contributed by atoms with Crippen molar-refractivity contribution in [2.24, 2.45) is 0 Å². The van der Waals surface area contributed by atoms with Crippen molar-refractivity contribution in [2.75, 3.05) is 13.1 Å². The Bertz CT molecular complexity index is 442. The first-order valence-electron chi connectivity index (χ1n) is 4.37. The third-order valence-electron chi connectivity index (χ3n) is 1.75. The molecule has 0 aliphatic heterocycles. The minimum absolute atomic E-state index is 0.285. The fourth-order valence-electron chi connectivity index (χ4n) is 1.12. The number of hydrogen-bond acceptors (Lipinski definition) is 4. The molecule has 0 aliphatic carbocycles. The molecule has 1 amide bonds. The van der Waals surface area contributed by atoms with Crippen LogP contribution in [0.25, 0.3) is 0 Å². The Kier molecular flexibility index (Phi) is 4.64. The van der Waals surface area contributed by atoms with Crippen molar-refractivity contribution in [1.82, 2.24) is 4.90 Å². The van der Waals surface area contributed by atoms with Gasteiger partial charge in [-0.2, -0.15) is 0 Å². The predicted octanol–water partition coefficient (Wildman–Crippen LogP) is 1.12. The van der Waals surface area contributed by atoms with E-state index in [9.17, 15) is 14.4 Å². The van der Waals surface area contributed by atoms with E-state index in [1.807, 2.05) is 0 Å². The maximum Gasteiger partial charge on any atom is 0.323 e. The van der Waals surface area contributed by atoms with E-state index in [4.69, 9.17) is 10.2 Å². The molecule has 1 rings (SSSR count). The third kappa shape index (κ3) is 3.82. The fourth-order valence-corrected chi connectivity index (χ4v) is 2.62. The number of hydrogen-bond donors (Lipinski definition) is 2. The second kappa shape index (κ2) is 5.78. The van der Waals surface area contributed by atoms with Gasteiger partial charge in [0.15, 0.2) is 0 Å². The zero-order valence-electron chi connectivity index (χ0n) is 8.42. The molecular weight excluding hydrogens is 314 g/mol. The summed E-state index contributed by atoms with van der Waals surface area (Å²) in [6.07, 6.45) is 0. The zero-order valence-corrected chi connectivity index (χ0v) is 10.8. The summed E-state index contributed by atoms with van der Waals surface area (Å²) in [5, 5.41) is 18.9. The summed E-state index contributed by atoms with van der Waals surface area (Å²) < 4.78 is 0.522. The molecule has 0 aromatic carbocycles. The van der Waals surface area contributed by atoms with Gasteiger partial charge in [-0.15, -0.1) is 11.3 Å². The van der Waals surface area contributed by atoms with Gasteiger partial charge < -0.3 is 15.1 Å². The van der Waals surface area contributed by atoms with Crippen LogP contribution in [0.2, 0.25) is 0 Å². The van der Waals surface area contributed by atoms with Crippen LogP contribution in [-0.2, 0) is 9.59 Å². The van der Waals surface area contributed by atoms with E-state index in [0.717, 1.165) is 16.2 Å². The molecule has 0 atom stereocenters. The van der Waals surface area contributed by atoms with Gasteiger partial charge in [-0.3, -0.25) is 14.4 Å². The molecule has 0 fully saturated rings. The molecule has 0 unspecified atom stereocenters. The second-order valence-electron chi connectivity index (χ2n) is 3.05. The standard InChI is InChI=1S/C9H8BrNO5S/c10-5-1-2-17-8(5)9(16)11(3-6(12)13)4-7(14)15/h1-2H,3-4H2,(H,12,13)(H,14,15). The van der Waals surface area contributed by atoms with Gasteiger partial charge in [0.05, 0.1) is 0 Å². The number of carboxylic acids is 2. The maximum atomic E-state index is 11.9. The van der Waals surface area contributed by atoms with Gasteiger partial charge in [0.25, 0.3) is 5.91 Å².